The van der Waals surface area contributed by atoms with Crippen molar-refractivity contribution in [2.45, 2.75) is 58.4 Å². The highest BCUT2D eigenvalue weighted by Gasteiger charge is 2.43. The maximum Gasteiger partial charge on any atom is 0.0121 e. The standard InChI is InChI=1S/C14H27N/c1-4-5-10(2)14(15-3)13-9-11-6-7-12(13)8-11/h10-15H,4-9H2,1-3H3. The molecule has 15 heavy (non-hydrogen) atoms. The van der Waals surface area contributed by atoms with Gasteiger partial charge in [-0.15, -0.1) is 0 Å². The first-order valence-corrected chi connectivity index (χ1v) is 6.93. The summed E-state index contributed by atoms with van der Waals surface area (Å²) in [5, 5.41) is 3.61. The number of hydrogen-bond donors (Lipinski definition) is 1. The largest absolute Gasteiger partial charge is 0.316 e. The number of rotatable bonds is 5. The van der Waals surface area contributed by atoms with Gasteiger partial charge in [-0.05, 0) is 56.4 Å². The van der Waals surface area contributed by atoms with Crippen LogP contribution < -0.4 is 5.32 Å². The minimum absolute atomic E-state index is 0.792. The van der Waals surface area contributed by atoms with Gasteiger partial charge in [0, 0.05) is 6.04 Å². The summed E-state index contributed by atoms with van der Waals surface area (Å²) < 4.78 is 0. The van der Waals surface area contributed by atoms with Crippen LogP contribution in [0.2, 0.25) is 0 Å². The third kappa shape index (κ3) is 2.22. The highest BCUT2D eigenvalue weighted by atomic mass is 14.9. The van der Waals surface area contributed by atoms with Crippen molar-refractivity contribution >= 4 is 0 Å². The lowest BCUT2D eigenvalue weighted by atomic mass is 9.77. The molecule has 2 saturated carbocycles. The molecule has 1 heteroatoms. The molecule has 5 unspecified atom stereocenters. The minimum atomic E-state index is 0.792. The molecule has 0 spiro atoms. The molecule has 0 aromatic rings. The highest BCUT2D eigenvalue weighted by molar-refractivity contribution is 4.96. The van der Waals surface area contributed by atoms with Crippen molar-refractivity contribution in [1.29, 1.82) is 0 Å². The maximum atomic E-state index is 3.61. The van der Waals surface area contributed by atoms with Crippen LogP contribution in [0.5, 0.6) is 0 Å². The Bertz CT molecular complexity index is 202. The van der Waals surface area contributed by atoms with E-state index in [-0.39, 0.29) is 0 Å². The van der Waals surface area contributed by atoms with Gasteiger partial charge in [0.05, 0.1) is 0 Å². The van der Waals surface area contributed by atoms with Gasteiger partial charge in [0.1, 0.15) is 0 Å². The van der Waals surface area contributed by atoms with E-state index in [2.05, 4.69) is 26.2 Å². The molecule has 2 rings (SSSR count). The normalized spacial score (nSPS) is 38.2. The van der Waals surface area contributed by atoms with E-state index >= 15 is 0 Å². The van der Waals surface area contributed by atoms with Crippen LogP contribution in [0.4, 0.5) is 0 Å². The second-order valence-electron chi connectivity index (χ2n) is 5.92. The van der Waals surface area contributed by atoms with Crippen LogP contribution in [0, 0.1) is 23.7 Å². The number of nitrogens with one attached hydrogen (secondary N) is 1. The molecule has 0 aromatic heterocycles. The average molecular weight is 209 g/mol. The van der Waals surface area contributed by atoms with E-state index in [0.29, 0.717) is 0 Å². The van der Waals surface area contributed by atoms with Crippen LogP contribution in [0.15, 0.2) is 0 Å². The van der Waals surface area contributed by atoms with E-state index in [1.807, 2.05) is 0 Å². The van der Waals surface area contributed by atoms with Gasteiger partial charge in [-0.3, -0.25) is 0 Å². The average Bonchev–Trinajstić information content (AvgIpc) is 2.81. The molecular formula is C14H27N. The minimum Gasteiger partial charge on any atom is -0.316 e. The molecule has 0 aromatic carbocycles. The molecule has 2 bridgehead atoms. The highest BCUT2D eigenvalue weighted by Crippen LogP contribution is 2.50. The first-order valence-electron chi connectivity index (χ1n) is 6.93. The van der Waals surface area contributed by atoms with Gasteiger partial charge >= 0.3 is 0 Å². The first-order chi connectivity index (χ1) is 7.26. The van der Waals surface area contributed by atoms with E-state index in [9.17, 15) is 0 Å². The first kappa shape index (κ1) is 11.4. The molecule has 0 aliphatic heterocycles. The summed E-state index contributed by atoms with van der Waals surface area (Å²) in [6.45, 7) is 4.75. The predicted molar refractivity (Wildman–Crippen MR) is 65.9 cm³/mol. The van der Waals surface area contributed by atoms with Gasteiger partial charge < -0.3 is 5.32 Å². The van der Waals surface area contributed by atoms with Crippen LogP contribution in [0.1, 0.15) is 52.4 Å². The lowest BCUT2D eigenvalue weighted by molar-refractivity contribution is 0.200. The van der Waals surface area contributed by atoms with Crippen molar-refractivity contribution in [2.24, 2.45) is 23.7 Å². The Morgan fingerprint density at radius 3 is 2.53 bits per heavy atom. The van der Waals surface area contributed by atoms with E-state index < -0.39 is 0 Å². The molecule has 2 fully saturated rings. The van der Waals surface area contributed by atoms with Gasteiger partial charge in [0.15, 0.2) is 0 Å². The zero-order valence-electron chi connectivity index (χ0n) is 10.6. The molecule has 0 radical (unpaired) electrons. The van der Waals surface area contributed by atoms with E-state index in [4.69, 9.17) is 0 Å². The topological polar surface area (TPSA) is 12.0 Å². The summed E-state index contributed by atoms with van der Waals surface area (Å²) in [5.74, 6) is 4.01. The molecule has 0 saturated heterocycles. The number of hydrogen-bond acceptors (Lipinski definition) is 1. The molecule has 2 aliphatic rings. The molecule has 1 N–H and O–H groups in total. The van der Waals surface area contributed by atoms with Crippen LogP contribution in [0.3, 0.4) is 0 Å². The van der Waals surface area contributed by atoms with Gasteiger partial charge in [-0.1, -0.05) is 26.7 Å². The second-order valence-corrected chi connectivity index (χ2v) is 5.92. The Morgan fingerprint density at radius 2 is 2.07 bits per heavy atom. The molecule has 2 aliphatic carbocycles. The molecule has 5 atom stereocenters. The van der Waals surface area contributed by atoms with Crippen molar-refractivity contribution in [1.82, 2.24) is 5.32 Å². The summed E-state index contributed by atoms with van der Waals surface area (Å²) in [5.41, 5.74) is 0. The SMILES string of the molecule is CCCC(C)C(NC)C1CC2CCC1C2. The van der Waals surface area contributed by atoms with Crippen molar-refractivity contribution in [2.75, 3.05) is 7.05 Å². The van der Waals surface area contributed by atoms with Crippen molar-refractivity contribution < 1.29 is 0 Å². The lowest BCUT2D eigenvalue weighted by Crippen LogP contribution is -2.41. The Hall–Kier alpha value is -0.0400. The quantitative estimate of drug-likeness (QED) is 0.731. The molecule has 88 valence electrons. The van der Waals surface area contributed by atoms with Crippen LogP contribution in [-0.4, -0.2) is 13.1 Å². The summed E-state index contributed by atoms with van der Waals surface area (Å²) >= 11 is 0. The van der Waals surface area contributed by atoms with Crippen molar-refractivity contribution in [3.05, 3.63) is 0 Å². The third-order valence-corrected chi connectivity index (χ3v) is 4.94. The van der Waals surface area contributed by atoms with E-state index in [0.717, 1.165) is 29.7 Å². The zero-order valence-corrected chi connectivity index (χ0v) is 10.6. The third-order valence-electron chi connectivity index (χ3n) is 4.94. The van der Waals surface area contributed by atoms with E-state index in [1.54, 1.807) is 6.42 Å². The summed E-state index contributed by atoms with van der Waals surface area (Å²) in [7, 11) is 2.17. The Morgan fingerprint density at radius 1 is 1.27 bits per heavy atom. The van der Waals surface area contributed by atoms with Crippen LogP contribution in [-0.2, 0) is 0 Å². The Kier molecular flexibility index (Phi) is 3.71. The van der Waals surface area contributed by atoms with Crippen molar-refractivity contribution in [3.63, 3.8) is 0 Å². The van der Waals surface area contributed by atoms with Gasteiger partial charge in [0.25, 0.3) is 0 Å². The fourth-order valence-corrected chi connectivity index (χ4v) is 4.29. The zero-order chi connectivity index (χ0) is 10.8. The molecule has 1 nitrogen and oxygen atoms in total. The lowest BCUT2D eigenvalue weighted by Gasteiger charge is -2.34. The van der Waals surface area contributed by atoms with Crippen LogP contribution >= 0.6 is 0 Å². The molecule has 0 amide bonds. The predicted octanol–water partition coefficient (Wildman–Crippen LogP) is 3.45. The fraction of sp³-hybridized carbons (Fsp3) is 1.00. The summed E-state index contributed by atoms with van der Waals surface area (Å²) in [6, 6.07) is 0.792. The second kappa shape index (κ2) is 4.86. The van der Waals surface area contributed by atoms with E-state index in [1.165, 1.54) is 32.1 Å². The fourth-order valence-electron chi connectivity index (χ4n) is 4.29. The smallest absolute Gasteiger partial charge is 0.0121 e. The maximum absolute atomic E-state index is 3.61. The Balaban J connectivity index is 1.94. The van der Waals surface area contributed by atoms with Crippen LogP contribution in [0.25, 0.3) is 0 Å². The monoisotopic (exact) mass is 209 g/mol. The Labute approximate surface area is 95.0 Å². The summed E-state index contributed by atoms with van der Waals surface area (Å²) in [4.78, 5) is 0. The molecule has 0 heterocycles. The summed E-state index contributed by atoms with van der Waals surface area (Å²) in [6.07, 6.45) is 8.83. The number of fused-ring (bicyclic) bond motifs is 2. The van der Waals surface area contributed by atoms with Gasteiger partial charge in [0.2, 0.25) is 0 Å². The van der Waals surface area contributed by atoms with Crippen molar-refractivity contribution in [3.8, 4) is 0 Å². The van der Waals surface area contributed by atoms with Gasteiger partial charge in [-0.25, -0.2) is 0 Å². The van der Waals surface area contributed by atoms with Gasteiger partial charge in [-0.2, -0.15) is 0 Å². The molecular weight excluding hydrogens is 182 g/mol.